The molecule has 0 bridgehead atoms. The Bertz CT molecular complexity index is 534. The van der Waals surface area contributed by atoms with Crippen LogP contribution in [0, 0.1) is 0 Å². The van der Waals surface area contributed by atoms with Gasteiger partial charge in [0.2, 0.25) is 0 Å². The van der Waals surface area contributed by atoms with E-state index >= 15 is 0 Å². The molecule has 0 atom stereocenters. The molecule has 2 aromatic rings. The predicted octanol–water partition coefficient (Wildman–Crippen LogP) is 1.72. The van der Waals surface area contributed by atoms with Crippen LogP contribution in [0.3, 0.4) is 0 Å². The first-order valence-electron chi connectivity index (χ1n) is 5.19. The highest BCUT2D eigenvalue weighted by Gasteiger charge is 2.07. The van der Waals surface area contributed by atoms with E-state index in [4.69, 9.17) is 10.5 Å². The van der Waals surface area contributed by atoms with Crippen LogP contribution in [0.1, 0.15) is 12.6 Å². The number of nitrogens with zero attached hydrogens (tertiary/aromatic N) is 1. The van der Waals surface area contributed by atoms with Gasteiger partial charge in [-0.2, -0.15) is 5.10 Å². The van der Waals surface area contributed by atoms with Crippen molar-refractivity contribution >= 4 is 11.7 Å². The molecule has 0 spiro atoms. The Morgan fingerprint density at radius 2 is 2.24 bits per heavy atom. The van der Waals surface area contributed by atoms with Gasteiger partial charge < -0.3 is 10.5 Å². The molecule has 0 aliphatic carbocycles. The number of hydrogen-bond donors (Lipinski definition) is 2. The second-order valence-electron chi connectivity index (χ2n) is 3.64. The van der Waals surface area contributed by atoms with E-state index in [0.717, 1.165) is 11.3 Å². The third-order valence-corrected chi connectivity index (χ3v) is 2.31. The van der Waals surface area contributed by atoms with Crippen LogP contribution in [0.5, 0.6) is 0 Å². The SMILES string of the molecule is CC(=O)OCc1cc(-c2ccccc2N)[nH]n1. The van der Waals surface area contributed by atoms with Gasteiger partial charge in [-0.05, 0) is 12.1 Å². The Morgan fingerprint density at radius 3 is 2.94 bits per heavy atom. The molecule has 0 amide bonds. The maximum atomic E-state index is 10.7. The van der Waals surface area contributed by atoms with Crippen LogP contribution >= 0.6 is 0 Å². The first kappa shape index (κ1) is 11.2. The molecule has 0 aliphatic heterocycles. The summed E-state index contributed by atoms with van der Waals surface area (Å²) in [5.74, 6) is -0.325. The van der Waals surface area contributed by atoms with Crippen LogP contribution < -0.4 is 5.73 Å². The summed E-state index contributed by atoms with van der Waals surface area (Å²) in [5.41, 5.74) is 8.89. The predicted molar refractivity (Wildman–Crippen MR) is 63.9 cm³/mol. The van der Waals surface area contributed by atoms with Gasteiger partial charge in [-0.1, -0.05) is 18.2 Å². The molecule has 2 rings (SSSR count). The molecule has 5 heteroatoms. The van der Waals surface area contributed by atoms with E-state index in [1.807, 2.05) is 30.3 Å². The Balaban J connectivity index is 2.18. The summed E-state index contributed by atoms with van der Waals surface area (Å²) >= 11 is 0. The monoisotopic (exact) mass is 231 g/mol. The van der Waals surface area contributed by atoms with Crippen LogP contribution in [0.15, 0.2) is 30.3 Å². The smallest absolute Gasteiger partial charge is 0.303 e. The summed E-state index contributed by atoms with van der Waals surface area (Å²) < 4.78 is 4.85. The number of para-hydroxylation sites is 1. The third kappa shape index (κ3) is 2.63. The van der Waals surface area contributed by atoms with E-state index in [1.54, 1.807) is 0 Å². The highest BCUT2D eigenvalue weighted by Crippen LogP contribution is 2.23. The van der Waals surface area contributed by atoms with E-state index in [2.05, 4.69) is 10.2 Å². The largest absolute Gasteiger partial charge is 0.459 e. The minimum atomic E-state index is -0.325. The number of nitrogens with one attached hydrogen (secondary N) is 1. The third-order valence-electron chi connectivity index (χ3n) is 2.31. The molecule has 0 aliphatic rings. The number of aromatic amines is 1. The summed E-state index contributed by atoms with van der Waals surface area (Å²) in [4.78, 5) is 10.7. The van der Waals surface area contributed by atoms with Crippen molar-refractivity contribution in [3.8, 4) is 11.3 Å². The number of ether oxygens (including phenoxy) is 1. The Hall–Kier alpha value is -2.30. The van der Waals surface area contributed by atoms with Gasteiger partial charge in [-0.15, -0.1) is 0 Å². The normalized spacial score (nSPS) is 10.2. The fraction of sp³-hybridized carbons (Fsp3) is 0.167. The molecule has 1 aromatic heterocycles. The summed E-state index contributed by atoms with van der Waals surface area (Å²) in [6.07, 6.45) is 0. The highest BCUT2D eigenvalue weighted by atomic mass is 16.5. The summed E-state index contributed by atoms with van der Waals surface area (Å²) in [5, 5.41) is 6.91. The van der Waals surface area contributed by atoms with Gasteiger partial charge in [0.1, 0.15) is 12.3 Å². The molecule has 1 heterocycles. The number of aromatic nitrogens is 2. The fourth-order valence-corrected chi connectivity index (χ4v) is 1.49. The fourth-order valence-electron chi connectivity index (χ4n) is 1.49. The van der Waals surface area contributed by atoms with Crippen molar-refractivity contribution in [1.29, 1.82) is 0 Å². The number of benzene rings is 1. The molecule has 0 fully saturated rings. The molecule has 0 saturated heterocycles. The number of carbonyl (C=O) groups excluding carboxylic acids is 1. The molecule has 0 unspecified atom stereocenters. The lowest BCUT2D eigenvalue weighted by atomic mass is 10.1. The molecule has 1 aromatic carbocycles. The number of rotatable bonds is 3. The van der Waals surface area contributed by atoms with Crippen molar-refractivity contribution in [3.63, 3.8) is 0 Å². The minimum absolute atomic E-state index is 0.165. The van der Waals surface area contributed by atoms with Gasteiger partial charge in [0.25, 0.3) is 0 Å². The standard InChI is InChI=1S/C12H13N3O2/c1-8(16)17-7-9-6-12(15-14-9)10-4-2-3-5-11(10)13/h2-6H,7,13H2,1H3,(H,14,15). The van der Waals surface area contributed by atoms with Gasteiger partial charge in [-0.25, -0.2) is 0 Å². The second kappa shape index (κ2) is 4.69. The molecule has 0 saturated carbocycles. The molecule has 17 heavy (non-hydrogen) atoms. The Kier molecular flexibility index (Phi) is 3.09. The first-order chi connectivity index (χ1) is 8.16. The van der Waals surface area contributed by atoms with E-state index < -0.39 is 0 Å². The number of anilines is 1. The summed E-state index contributed by atoms with van der Waals surface area (Å²) in [6, 6.07) is 9.31. The lowest BCUT2D eigenvalue weighted by Crippen LogP contribution is -1.98. The van der Waals surface area contributed by atoms with Crippen LogP contribution in [0.4, 0.5) is 5.69 Å². The lowest BCUT2D eigenvalue weighted by molar-refractivity contribution is -0.142. The molecule has 88 valence electrons. The maximum Gasteiger partial charge on any atom is 0.303 e. The molecule has 0 radical (unpaired) electrons. The van der Waals surface area contributed by atoms with Crippen LogP contribution in [0.25, 0.3) is 11.3 Å². The number of nitrogens with two attached hydrogens (primary N) is 1. The molecule has 3 N–H and O–H groups in total. The van der Waals surface area contributed by atoms with E-state index in [-0.39, 0.29) is 12.6 Å². The molecular weight excluding hydrogens is 218 g/mol. The average Bonchev–Trinajstić information content (AvgIpc) is 2.75. The first-order valence-corrected chi connectivity index (χ1v) is 5.19. The maximum absolute atomic E-state index is 10.7. The topological polar surface area (TPSA) is 81.0 Å². The number of nitrogen functional groups attached to an aromatic ring is 1. The van der Waals surface area contributed by atoms with Gasteiger partial charge in [0, 0.05) is 18.2 Å². The van der Waals surface area contributed by atoms with E-state index in [1.165, 1.54) is 6.92 Å². The van der Waals surface area contributed by atoms with Crippen LogP contribution in [-0.4, -0.2) is 16.2 Å². The van der Waals surface area contributed by atoms with Crippen molar-refractivity contribution in [1.82, 2.24) is 10.2 Å². The zero-order valence-electron chi connectivity index (χ0n) is 9.43. The summed E-state index contributed by atoms with van der Waals surface area (Å²) in [6.45, 7) is 1.53. The van der Waals surface area contributed by atoms with Crippen LogP contribution in [-0.2, 0) is 16.1 Å². The molecule has 5 nitrogen and oxygen atoms in total. The summed E-state index contributed by atoms with van der Waals surface area (Å²) in [7, 11) is 0. The second-order valence-corrected chi connectivity index (χ2v) is 3.64. The van der Waals surface area contributed by atoms with Crippen molar-refractivity contribution in [2.75, 3.05) is 5.73 Å². The van der Waals surface area contributed by atoms with Crippen LogP contribution in [0.2, 0.25) is 0 Å². The van der Waals surface area contributed by atoms with E-state index in [0.29, 0.717) is 11.4 Å². The zero-order chi connectivity index (χ0) is 12.3. The average molecular weight is 231 g/mol. The number of hydrogen-bond acceptors (Lipinski definition) is 4. The van der Waals surface area contributed by atoms with Crippen molar-refractivity contribution in [2.24, 2.45) is 0 Å². The number of carbonyl (C=O) groups is 1. The minimum Gasteiger partial charge on any atom is -0.459 e. The van der Waals surface area contributed by atoms with Crippen molar-refractivity contribution < 1.29 is 9.53 Å². The van der Waals surface area contributed by atoms with Crippen molar-refractivity contribution in [2.45, 2.75) is 13.5 Å². The quantitative estimate of drug-likeness (QED) is 0.622. The van der Waals surface area contributed by atoms with Gasteiger partial charge >= 0.3 is 5.97 Å². The van der Waals surface area contributed by atoms with E-state index in [9.17, 15) is 4.79 Å². The Morgan fingerprint density at radius 1 is 1.47 bits per heavy atom. The van der Waals surface area contributed by atoms with Gasteiger partial charge in [0.05, 0.1) is 5.69 Å². The lowest BCUT2D eigenvalue weighted by Gasteiger charge is -2.00. The van der Waals surface area contributed by atoms with Crippen molar-refractivity contribution in [3.05, 3.63) is 36.0 Å². The number of esters is 1. The Labute approximate surface area is 98.6 Å². The molecular formula is C12H13N3O2. The zero-order valence-corrected chi connectivity index (χ0v) is 9.43. The van der Waals surface area contributed by atoms with Gasteiger partial charge in [-0.3, -0.25) is 9.89 Å². The number of H-pyrrole nitrogens is 1. The van der Waals surface area contributed by atoms with Gasteiger partial charge in [0.15, 0.2) is 0 Å². The highest BCUT2D eigenvalue weighted by molar-refractivity contribution is 5.73.